The number of piperazine rings is 1. The molecule has 6 rings (SSSR count). The number of aliphatic hydroxyl groups is 1. The number of aliphatic hydroxyl groups excluding tert-OH is 1. The predicted molar refractivity (Wildman–Crippen MR) is 189 cm³/mol. The fourth-order valence-electron chi connectivity index (χ4n) is 7.79. The van der Waals surface area contributed by atoms with E-state index in [1.54, 1.807) is 11.0 Å². The highest BCUT2D eigenvalue weighted by Gasteiger charge is 2.56. The summed E-state index contributed by atoms with van der Waals surface area (Å²) >= 11 is 0.377. The summed E-state index contributed by atoms with van der Waals surface area (Å²) in [7, 11) is 0. The number of para-hydroxylation sites is 1. The lowest BCUT2D eigenvalue weighted by molar-refractivity contribution is -0.160. The number of anilines is 1. The molecule has 1 N–H and O–H groups in total. The summed E-state index contributed by atoms with van der Waals surface area (Å²) in [4.78, 5) is 38.7. The smallest absolute Gasteiger partial charge is 0.425 e. The Morgan fingerprint density at radius 1 is 0.945 bits per heavy atom. The van der Waals surface area contributed by atoms with E-state index in [0.29, 0.717) is 23.9 Å². The number of alkyl halides is 6. The van der Waals surface area contributed by atoms with Crippen LogP contribution >= 0.6 is 11.3 Å². The van der Waals surface area contributed by atoms with E-state index in [1.807, 2.05) is 0 Å². The first-order valence-electron chi connectivity index (χ1n) is 18.2. The molecule has 0 saturated carbocycles. The number of halogens is 7. The van der Waals surface area contributed by atoms with Crippen molar-refractivity contribution in [3.05, 3.63) is 69.9 Å². The van der Waals surface area contributed by atoms with Gasteiger partial charge in [-0.3, -0.25) is 14.6 Å². The van der Waals surface area contributed by atoms with Crippen molar-refractivity contribution in [3.8, 4) is 11.5 Å². The van der Waals surface area contributed by atoms with Gasteiger partial charge in [0.05, 0.1) is 23.8 Å². The number of carbonyl (C=O) groups excluding carboxylic acids is 2. The van der Waals surface area contributed by atoms with Gasteiger partial charge in [0.15, 0.2) is 0 Å². The molecule has 0 aliphatic carbocycles. The molecular weight excluding hydrogens is 759 g/mol. The minimum atomic E-state index is -4.90. The molecule has 300 valence electrons. The number of rotatable bonds is 11. The van der Waals surface area contributed by atoms with Gasteiger partial charge < -0.3 is 34.2 Å². The van der Waals surface area contributed by atoms with E-state index >= 15 is 9.18 Å². The zero-order chi connectivity index (χ0) is 39.4. The second kappa shape index (κ2) is 16.9. The van der Waals surface area contributed by atoms with Crippen LogP contribution in [0.3, 0.4) is 0 Å². The molecule has 3 aliphatic rings. The van der Waals surface area contributed by atoms with Crippen molar-refractivity contribution < 1.29 is 54.9 Å². The highest BCUT2D eigenvalue weighted by atomic mass is 32.1. The van der Waals surface area contributed by atoms with Crippen molar-refractivity contribution in [1.29, 1.82) is 0 Å². The molecule has 3 saturated heterocycles. The molecular formula is C37H42F7N5O5S. The average Bonchev–Trinajstić information content (AvgIpc) is 3.65. The lowest BCUT2D eigenvalue weighted by Gasteiger charge is -2.51. The van der Waals surface area contributed by atoms with Crippen LogP contribution in [-0.4, -0.2) is 114 Å². The van der Waals surface area contributed by atoms with Gasteiger partial charge in [0, 0.05) is 69.5 Å². The van der Waals surface area contributed by atoms with Gasteiger partial charge in [-0.25, -0.2) is 4.39 Å². The monoisotopic (exact) mass is 801 g/mol. The maximum atomic E-state index is 15.2. The minimum Gasteiger partial charge on any atom is -0.489 e. The van der Waals surface area contributed by atoms with Crippen LogP contribution in [0.15, 0.2) is 48.1 Å². The molecule has 0 spiro atoms. The predicted octanol–water partition coefficient (Wildman–Crippen LogP) is 6.34. The number of nitrogens with zero attached hydrogens (tertiary/aromatic N) is 5. The number of aromatic nitrogens is 1. The third-order valence-corrected chi connectivity index (χ3v) is 11.3. The number of hydrogen-bond acceptors (Lipinski definition) is 9. The number of piperidine rings is 2. The first-order valence-corrected chi connectivity index (χ1v) is 19.1. The Balaban J connectivity index is 1.38. The average molecular weight is 802 g/mol. The SMILES string of the molecule is O=C(c1cnccc1C(F)(F)F)N1CCC[C@@](Oc2csc(C(F)(F)F)c2)(C(=O)N2CCN(c3c(F)cccc3OCCO)CC2)[C@H]1CCN1CCCCC1. The van der Waals surface area contributed by atoms with Crippen LogP contribution < -0.4 is 14.4 Å². The lowest BCUT2D eigenvalue weighted by Crippen LogP contribution is -2.69. The minimum absolute atomic E-state index is 0.0166. The van der Waals surface area contributed by atoms with E-state index in [0.717, 1.165) is 56.2 Å². The molecule has 3 aliphatic heterocycles. The molecule has 55 heavy (non-hydrogen) atoms. The van der Waals surface area contributed by atoms with Crippen molar-refractivity contribution in [1.82, 2.24) is 19.7 Å². The zero-order valence-electron chi connectivity index (χ0n) is 29.9. The number of carbonyl (C=O) groups is 2. The van der Waals surface area contributed by atoms with Crippen molar-refractivity contribution in [2.45, 2.75) is 62.5 Å². The van der Waals surface area contributed by atoms with Crippen LogP contribution in [-0.2, 0) is 17.1 Å². The van der Waals surface area contributed by atoms with Crippen LogP contribution in [0.25, 0.3) is 0 Å². The Bertz CT molecular complexity index is 1800. The highest BCUT2D eigenvalue weighted by Crippen LogP contribution is 2.43. The standard InChI is InChI=1S/C37H42F7N5O5S/c38-28-6-4-7-29(53-21-20-50)32(28)47-16-18-48(19-17-47)34(52)35(54-25-22-31(55-24-25)37(42,43)44)10-5-14-49(30(35)9-15-46-12-2-1-3-13-46)33(51)26-23-45-11-8-27(26)36(39,40)41/h4,6-8,11,22-24,30,50H,1-3,5,9-10,12-21H2/t30-,35+/m1/s1. The molecule has 2 aromatic heterocycles. The van der Waals surface area contributed by atoms with E-state index in [9.17, 15) is 36.2 Å². The van der Waals surface area contributed by atoms with Crippen LogP contribution in [0.1, 0.15) is 59.3 Å². The Labute approximate surface area is 317 Å². The molecule has 18 heteroatoms. The first kappa shape index (κ1) is 40.5. The Hall–Kier alpha value is -4.16. The number of thiophene rings is 1. The third kappa shape index (κ3) is 8.96. The number of hydrogen-bond donors (Lipinski definition) is 1. The molecule has 5 heterocycles. The number of likely N-dealkylation sites (tertiary alicyclic amines) is 2. The molecule has 2 amide bonds. The summed E-state index contributed by atoms with van der Waals surface area (Å²) in [5, 5.41) is 10.4. The zero-order valence-corrected chi connectivity index (χ0v) is 30.7. The van der Waals surface area contributed by atoms with Gasteiger partial charge in [-0.1, -0.05) is 12.5 Å². The van der Waals surface area contributed by atoms with Crippen LogP contribution in [0.5, 0.6) is 11.5 Å². The van der Waals surface area contributed by atoms with Crippen molar-refractivity contribution in [2.75, 3.05) is 70.5 Å². The van der Waals surface area contributed by atoms with Gasteiger partial charge in [0.2, 0.25) is 5.60 Å². The van der Waals surface area contributed by atoms with E-state index in [4.69, 9.17) is 9.47 Å². The number of ether oxygens (including phenoxy) is 2. The Morgan fingerprint density at radius 3 is 2.36 bits per heavy atom. The van der Waals surface area contributed by atoms with Gasteiger partial charge in [0.1, 0.15) is 34.5 Å². The van der Waals surface area contributed by atoms with E-state index in [1.165, 1.54) is 21.9 Å². The number of amides is 2. The third-order valence-electron chi connectivity index (χ3n) is 10.3. The largest absolute Gasteiger partial charge is 0.489 e. The highest BCUT2D eigenvalue weighted by molar-refractivity contribution is 7.10. The van der Waals surface area contributed by atoms with Crippen LogP contribution in [0.4, 0.5) is 36.4 Å². The summed E-state index contributed by atoms with van der Waals surface area (Å²) in [5.41, 5.74) is -3.78. The second-order valence-corrected chi connectivity index (χ2v) is 14.7. The molecule has 3 aromatic rings. The van der Waals surface area contributed by atoms with Gasteiger partial charge in [-0.05, 0) is 57.0 Å². The Kier molecular flexibility index (Phi) is 12.5. The summed E-state index contributed by atoms with van der Waals surface area (Å²) < 4.78 is 111. The van der Waals surface area contributed by atoms with Crippen molar-refractivity contribution >= 4 is 28.8 Å². The quantitative estimate of drug-likeness (QED) is 0.225. The maximum Gasteiger partial charge on any atom is 0.425 e. The van der Waals surface area contributed by atoms with Gasteiger partial charge in [-0.15, -0.1) is 11.3 Å². The fraction of sp³-hybridized carbons (Fsp3) is 0.541. The maximum absolute atomic E-state index is 15.2. The molecule has 0 unspecified atom stereocenters. The summed E-state index contributed by atoms with van der Waals surface area (Å²) in [5.74, 6) is -2.30. The summed E-state index contributed by atoms with van der Waals surface area (Å²) in [6.07, 6.45) is -4.87. The van der Waals surface area contributed by atoms with Gasteiger partial charge in [0.25, 0.3) is 11.8 Å². The lowest BCUT2D eigenvalue weighted by atomic mass is 9.80. The molecule has 2 atom stereocenters. The molecule has 1 aromatic carbocycles. The molecule has 10 nitrogen and oxygen atoms in total. The molecule has 3 fully saturated rings. The molecule has 0 bridgehead atoms. The molecule has 0 radical (unpaired) electrons. The second-order valence-electron chi connectivity index (χ2n) is 13.8. The van der Waals surface area contributed by atoms with Crippen molar-refractivity contribution in [3.63, 3.8) is 0 Å². The summed E-state index contributed by atoms with van der Waals surface area (Å²) in [6, 6.07) is 4.57. The normalized spacial score (nSPS) is 21.5. The van der Waals surface area contributed by atoms with E-state index in [-0.39, 0.29) is 82.4 Å². The Morgan fingerprint density at radius 2 is 1.69 bits per heavy atom. The van der Waals surface area contributed by atoms with Gasteiger partial charge >= 0.3 is 12.4 Å². The van der Waals surface area contributed by atoms with Gasteiger partial charge in [-0.2, -0.15) is 26.3 Å². The van der Waals surface area contributed by atoms with Crippen LogP contribution in [0.2, 0.25) is 0 Å². The topological polar surface area (TPSA) is 98.7 Å². The number of pyridine rings is 1. The first-order chi connectivity index (χ1) is 26.2. The van der Waals surface area contributed by atoms with E-state index in [2.05, 4.69) is 9.88 Å². The number of benzene rings is 1. The fourth-order valence-corrected chi connectivity index (χ4v) is 8.47. The van der Waals surface area contributed by atoms with E-state index < -0.39 is 57.6 Å². The van der Waals surface area contributed by atoms with Crippen LogP contribution in [0, 0.1) is 5.82 Å². The van der Waals surface area contributed by atoms with Crippen molar-refractivity contribution in [2.24, 2.45) is 0 Å². The summed E-state index contributed by atoms with van der Waals surface area (Å²) in [6.45, 7) is 1.64.